The van der Waals surface area contributed by atoms with E-state index in [-0.39, 0.29) is 5.91 Å². The molecule has 0 bridgehead atoms. The summed E-state index contributed by atoms with van der Waals surface area (Å²) >= 11 is 0. The van der Waals surface area contributed by atoms with Crippen LogP contribution in [0.3, 0.4) is 0 Å². The SMILES string of the molecule is Cc1[nH]ncc1CNC(=O)[C@@H](N)CC(C)C. The van der Waals surface area contributed by atoms with Gasteiger partial charge < -0.3 is 11.1 Å². The minimum Gasteiger partial charge on any atom is -0.351 e. The molecule has 0 radical (unpaired) electrons. The van der Waals surface area contributed by atoms with Gasteiger partial charge in [0.05, 0.1) is 12.2 Å². The molecule has 0 unspecified atom stereocenters. The fourth-order valence-corrected chi connectivity index (χ4v) is 1.48. The minimum atomic E-state index is -0.424. The number of hydrogen-bond donors (Lipinski definition) is 3. The number of carbonyl (C=O) groups is 1. The molecule has 5 heteroatoms. The summed E-state index contributed by atoms with van der Waals surface area (Å²) in [5, 5.41) is 9.51. The van der Waals surface area contributed by atoms with Crippen molar-refractivity contribution in [3.63, 3.8) is 0 Å². The molecule has 0 fully saturated rings. The Labute approximate surface area is 95.8 Å². The van der Waals surface area contributed by atoms with Crippen LogP contribution >= 0.6 is 0 Å². The highest BCUT2D eigenvalue weighted by molar-refractivity contribution is 5.81. The summed E-state index contributed by atoms with van der Waals surface area (Å²) in [7, 11) is 0. The molecular weight excluding hydrogens is 204 g/mol. The van der Waals surface area contributed by atoms with Crippen molar-refractivity contribution in [2.24, 2.45) is 11.7 Å². The van der Waals surface area contributed by atoms with Gasteiger partial charge in [0, 0.05) is 17.8 Å². The van der Waals surface area contributed by atoms with E-state index in [4.69, 9.17) is 5.73 Å². The molecule has 0 aromatic carbocycles. The van der Waals surface area contributed by atoms with Gasteiger partial charge in [-0.05, 0) is 19.3 Å². The lowest BCUT2D eigenvalue weighted by Gasteiger charge is -2.13. The van der Waals surface area contributed by atoms with Crippen molar-refractivity contribution in [1.29, 1.82) is 0 Å². The van der Waals surface area contributed by atoms with Crippen molar-refractivity contribution in [3.05, 3.63) is 17.5 Å². The Balaban J connectivity index is 2.38. The van der Waals surface area contributed by atoms with Crippen LogP contribution < -0.4 is 11.1 Å². The Morgan fingerprint density at radius 2 is 2.31 bits per heavy atom. The number of nitrogens with zero attached hydrogens (tertiary/aromatic N) is 1. The number of hydrogen-bond acceptors (Lipinski definition) is 3. The molecule has 1 heterocycles. The first-order valence-electron chi connectivity index (χ1n) is 5.52. The number of aromatic amines is 1. The molecule has 0 saturated heterocycles. The molecule has 0 aliphatic carbocycles. The van der Waals surface area contributed by atoms with Crippen LogP contribution in [0.4, 0.5) is 0 Å². The minimum absolute atomic E-state index is 0.102. The Morgan fingerprint density at radius 3 is 2.81 bits per heavy atom. The van der Waals surface area contributed by atoms with E-state index in [1.54, 1.807) is 6.20 Å². The lowest BCUT2D eigenvalue weighted by molar-refractivity contribution is -0.122. The lowest BCUT2D eigenvalue weighted by Crippen LogP contribution is -2.41. The van der Waals surface area contributed by atoms with Gasteiger partial charge in [0.25, 0.3) is 0 Å². The Hall–Kier alpha value is -1.36. The zero-order valence-electron chi connectivity index (χ0n) is 10.1. The molecule has 5 nitrogen and oxygen atoms in total. The van der Waals surface area contributed by atoms with E-state index < -0.39 is 6.04 Å². The number of amides is 1. The maximum Gasteiger partial charge on any atom is 0.237 e. The van der Waals surface area contributed by atoms with Crippen molar-refractivity contribution in [2.75, 3.05) is 0 Å². The normalized spacial score (nSPS) is 12.8. The van der Waals surface area contributed by atoms with Gasteiger partial charge in [0.1, 0.15) is 0 Å². The zero-order valence-corrected chi connectivity index (χ0v) is 10.1. The molecular formula is C11H20N4O. The van der Waals surface area contributed by atoms with Gasteiger partial charge in [0.2, 0.25) is 5.91 Å². The van der Waals surface area contributed by atoms with Gasteiger partial charge in [-0.25, -0.2) is 0 Å². The molecule has 0 aliphatic rings. The van der Waals surface area contributed by atoms with Crippen molar-refractivity contribution < 1.29 is 4.79 Å². The van der Waals surface area contributed by atoms with Crippen LogP contribution in [-0.2, 0) is 11.3 Å². The highest BCUT2D eigenvalue weighted by Gasteiger charge is 2.14. The summed E-state index contributed by atoms with van der Waals surface area (Å²) in [4.78, 5) is 11.6. The summed E-state index contributed by atoms with van der Waals surface area (Å²) in [6.45, 7) is 6.50. The van der Waals surface area contributed by atoms with E-state index in [0.29, 0.717) is 18.9 Å². The molecule has 0 saturated carbocycles. The number of nitrogens with one attached hydrogen (secondary N) is 2. The predicted octanol–water partition coefficient (Wildman–Crippen LogP) is 0.708. The third-order valence-corrected chi connectivity index (χ3v) is 2.45. The van der Waals surface area contributed by atoms with Crippen LogP contribution in [-0.4, -0.2) is 22.1 Å². The molecule has 1 aromatic heterocycles. The highest BCUT2D eigenvalue weighted by atomic mass is 16.2. The van der Waals surface area contributed by atoms with Crippen molar-refractivity contribution in [2.45, 2.75) is 39.8 Å². The number of rotatable bonds is 5. The van der Waals surface area contributed by atoms with E-state index in [1.165, 1.54) is 0 Å². The maximum atomic E-state index is 11.6. The van der Waals surface area contributed by atoms with E-state index in [0.717, 1.165) is 11.3 Å². The first-order chi connectivity index (χ1) is 7.50. The van der Waals surface area contributed by atoms with Gasteiger partial charge >= 0.3 is 0 Å². The van der Waals surface area contributed by atoms with Crippen molar-refractivity contribution >= 4 is 5.91 Å². The highest BCUT2D eigenvalue weighted by Crippen LogP contribution is 2.04. The van der Waals surface area contributed by atoms with Crippen molar-refractivity contribution in [1.82, 2.24) is 15.5 Å². The van der Waals surface area contributed by atoms with Gasteiger partial charge in [-0.15, -0.1) is 0 Å². The Bertz CT molecular complexity index is 346. The van der Waals surface area contributed by atoms with E-state index in [9.17, 15) is 4.79 Å². The number of carbonyl (C=O) groups excluding carboxylic acids is 1. The standard InChI is InChI=1S/C11H20N4O/c1-7(2)4-10(12)11(16)13-5-9-6-14-15-8(9)3/h6-7,10H,4-5,12H2,1-3H3,(H,13,16)(H,14,15)/t10-/m0/s1. The predicted molar refractivity (Wildman–Crippen MR) is 62.6 cm³/mol. The fourth-order valence-electron chi connectivity index (χ4n) is 1.48. The molecule has 90 valence electrons. The monoisotopic (exact) mass is 224 g/mol. The number of aromatic nitrogens is 2. The second-order valence-corrected chi connectivity index (χ2v) is 4.47. The van der Waals surface area contributed by atoms with Crippen LogP contribution in [0.1, 0.15) is 31.5 Å². The third-order valence-electron chi connectivity index (χ3n) is 2.45. The number of aryl methyl sites for hydroxylation is 1. The Morgan fingerprint density at radius 1 is 1.62 bits per heavy atom. The van der Waals surface area contributed by atoms with Crippen LogP contribution in [0.5, 0.6) is 0 Å². The fraction of sp³-hybridized carbons (Fsp3) is 0.636. The topological polar surface area (TPSA) is 83.8 Å². The van der Waals surface area contributed by atoms with Crippen LogP contribution in [0.25, 0.3) is 0 Å². The summed E-state index contributed by atoms with van der Waals surface area (Å²) in [5.74, 6) is 0.325. The van der Waals surface area contributed by atoms with Crippen LogP contribution in [0.2, 0.25) is 0 Å². The van der Waals surface area contributed by atoms with Crippen molar-refractivity contribution in [3.8, 4) is 0 Å². The smallest absolute Gasteiger partial charge is 0.237 e. The molecule has 16 heavy (non-hydrogen) atoms. The van der Waals surface area contributed by atoms with Crippen LogP contribution in [0.15, 0.2) is 6.20 Å². The molecule has 0 spiro atoms. The molecule has 1 atom stereocenters. The largest absolute Gasteiger partial charge is 0.351 e. The molecule has 4 N–H and O–H groups in total. The van der Waals surface area contributed by atoms with E-state index in [2.05, 4.69) is 15.5 Å². The zero-order chi connectivity index (χ0) is 12.1. The summed E-state index contributed by atoms with van der Waals surface area (Å²) in [6.07, 6.45) is 2.42. The maximum absolute atomic E-state index is 11.6. The molecule has 0 aliphatic heterocycles. The molecule has 1 rings (SSSR count). The quantitative estimate of drug-likeness (QED) is 0.688. The Kier molecular flexibility index (Phi) is 4.49. The first-order valence-corrected chi connectivity index (χ1v) is 5.52. The molecule has 1 amide bonds. The van der Waals surface area contributed by atoms with E-state index >= 15 is 0 Å². The average Bonchev–Trinajstić information content (AvgIpc) is 2.59. The summed E-state index contributed by atoms with van der Waals surface area (Å²) in [6, 6.07) is -0.424. The second kappa shape index (κ2) is 5.65. The lowest BCUT2D eigenvalue weighted by atomic mass is 10.0. The van der Waals surface area contributed by atoms with Crippen LogP contribution in [0, 0.1) is 12.8 Å². The first kappa shape index (κ1) is 12.7. The summed E-state index contributed by atoms with van der Waals surface area (Å²) < 4.78 is 0. The third kappa shape index (κ3) is 3.66. The van der Waals surface area contributed by atoms with Gasteiger partial charge in [-0.1, -0.05) is 13.8 Å². The van der Waals surface area contributed by atoms with Gasteiger partial charge in [-0.3, -0.25) is 9.89 Å². The van der Waals surface area contributed by atoms with Gasteiger partial charge in [0.15, 0.2) is 0 Å². The van der Waals surface area contributed by atoms with E-state index in [1.807, 2.05) is 20.8 Å². The van der Waals surface area contributed by atoms with Gasteiger partial charge in [-0.2, -0.15) is 5.10 Å². The number of nitrogens with two attached hydrogens (primary N) is 1. The second-order valence-electron chi connectivity index (χ2n) is 4.47. The average molecular weight is 224 g/mol. The number of H-pyrrole nitrogens is 1. The summed E-state index contributed by atoms with van der Waals surface area (Å²) in [5.41, 5.74) is 7.72. The molecule has 1 aromatic rings.